The van der Waals surface area contributed by atoms with Crippen LogP contribution in [0.4, 0.5) is 10.5 Å². The fourth-order valence-electron chi connectivity index (χ4n) is 5.69. The summed E-state index contributed by atoms with van der Waals surface area (Å²) in [6, 6.07) is 31.4. The molecule has 5 rings (SSSR count). The number of amides is 1. The van der Waals surface area contributed by atoms with E-state index in [1.165, 1.54) is 10.5 Å². The van der Waals surface area contributed by atoms with E-state index >= 15 is 0 Å². The number of carbonyl (C=O) groups excluding carboxylic acids is 1. The maximum Gasteiger partial charge on any atom is 0.414 e. The average molecular weight is 581 g/mol. The molecule has 1 unspecified atom stereocenters. The Bertz CT molecular complexity index is 1480. The molecule has 0 bridgehead atoms. The molecule has 0 aliphatic heterocycles. The van der Waals surface area contributed by atoms with Crippen molar-refractivity contribution in [2.75, 3.05) is 19.1 Å². The number of nitrogens with zero attached hydrogens (tertiary/aromatic N) is 1. The van der Waals surface area contributed by atoms with Crippen LogP contribution in [0, 0.1) is 0 Å². The van der Waals surface area contributed by atoms with Crippen LogP contribution in [0.25, 0.3) is 0 Å². The Hall–Kier alpha value is -4.33. The molecular weight excluding hydrogens is 540 g/mol. The summed E-state index contributed by atoms with van der Waals surface area (Å²) in [5.41, 5.74) is 5.46. The minimum atomic E-state index is -0.738. The van der Waals surface area contributed by atoms with Crippen LogP contribution in [0.1, 0.15) is 47.3 Å². The van der Waals surface area contributed by atoms with Gasteiger partial charge in [0.2, 0.25) is 0 Å². The van der Waals surface area contributed by atoms with Crippen molar-refractivity contribution >= 4 is 11.8 Å². The molecule has 43 heavy (non-hydrogen) atoms. The largest absolute Gasteiger partial charge is 0.497 e. The zero-order valence-corrected chi connectivity index (χ0v) is 25.0. The number of anilines is 1. The van der Waals surface area contributed by atoms with E-state index in [0.717, 1.165) is 34.4 Å². The highest BCUT2D eigenvalue weighted by molar-refractivity contribution is 5.91. The highest BCUT2D eigenvalue weighted by Gasteiger charge is 2.33. The number of aliphatic hydroxyl groups excluding tert-OH is 1. The number of fused-ring (bicyclic) bond motifs is 1. The van der Waals surface area contributed by atoms with Gasteiger partial charge in [-0.15, -0.1) is 0 Å². The Morgan fingerprint density at radius 2 is 1.56 bits per heavy atom. The Balaban J connectivity index is 1.35. The van der Waals surface area contributed by atoms with E-state index in [4.69, 9.17) is 14.2 Å². The quantitative estimate of drug-likeness (QED) is 0.208. The summed E-state index contributed by atoms with van der Waals surface area (Å²) in [6.45, 7) is 2.66. The molecule has 0 spiro atoms. The van der Waals surface area contributed by atoms with Gasteiger partial charge in [-0.25, -0.2) is 4.79 Å². The second-order valence-electron chi connectivity index (χ2n) is 11.1. The van der Waals surface area contributed by atoms with Crippen LogP contribution in [0.5, 0.6) is 11.5 Å². The zero-order valence-electron chi connectivity index (χ0n) is 25.0. The van der Waals surface area contributed by atoms with Crippen LogP contribution in [0.2, 0.25) is 0 Å². The average Bonchev–Trinajstić information content (AvgIpc) is 3.04. The van der Waals surface area contributed by atoms with Gasteiger partial charge in [0, 0.05) is 19.1 Å². The molecule has 4 aromatic rings. The molecule has 3 atom stereocenters. The molecule has 0 saturated carbocycles. The number of rotatable bonds is 11. The fraction of sp³-hybridized carbons (Fsp3) is 0.306. The first kappa shape index (κ1) is 30.1. The van der Waals surface area contributed by atoms with Gasteiger partial charge in [0.1, 0.15) is 24.7 Å². The molecule has 1 amide bonds. The summed E-state index contributed by atoms with van der Waals surface area (Å²) >= 11 is 0. The topological polar surface area (TPSA) is 80.3 Å². The highest BCUT2D eigenvalue weighted by atomic mass is 16.6. The van der Waals surface area contributed by atoms with Crippen molar-refractivity contribution < 1.29 is 24.1 Å². The van der Waals surface area contributed by atoms with Gasteiger partial charge in [-0.2, -0.15) is 0 Å². The number of nitrogens with one attached hydrogen (secondary N) is 1. The lowest BCUT2D eigenvalue weighted by molar-refractivity contribution is 0.109. The van der Waals surface area contributed by atoms with Crippen molar-refractivity contribution in [3.05, 3.63) is 125 Å². The minimum absolute atomic E-state index is 0.125. The molecule has 224 valence electrons. The summed E-state index contributed by atoms with van der Waals surface area (Å²) in [7, 11) is 3.36. The van der Waals surface area contributed by atoms with E-state index in [1.807, 2.05) is 84.9 Å². The van der Waals surface area contributed by atoms with Crippen LogP contribution < -0.4 is 19.7 Å². The smallest absolute Gasteiger partial charge is 0.414 e. The highest BCUT2D eigenvalue weighted by Crippen LogP contribution is 2.42. The standard InChI is InChI=1S/C36H40N2O5/c1-25(22-26-14-16-29(41-3)17-15-26)37-32-20-18-30-31(35(32)39)19-21-33(42-23-27-10-6-4-7-11-27)34(30)38(2)36(40)43-24-28-12-8-5-9-13-28/h4-17,19,21,25,32,35,37,39H,18,20,22-24H2,1-3H3/t25?,32-,35-/m0/s1. The zero-order chi connectivity index (χ0) is 30.2. The summed E-state index contributed by atoms with van der Waals surface area (Å²) in [6.07, 6.45) is 0.993. The Morgan fingerprint density at radius 1 is 0.907 bits per heavy atom. The van der Waals surface area contributed by atoms with Gasteiger partial charge in [0.05, 0.1) is 18.9 Å². The van der Waals surface area contributed by atoms with Gasteiger partial charge in [-0.05, 0) is 72.2 Å². The Kier molecular flexibility index (Phi) is 9.97. The molecular formula is C36H40N2O5. The molecule has 7 nitrogen and oxygen atoms in total. The van der Waals surface area contributed by atoms with E-state index in [1.54, 1.807) is 14.2 Å². The predicted molar refractivity (Wildman–Crippen MR) is 169 cm³/mol. The first-order chi connectivity index (χ1) is 20.9. The third-order valence-corrected chi connectivity index (χ3v) is 7.94. The van der Waals surface area contributed by atoms with Gasteiger partial charge < -0.3 is 24.6 Å². The fourth-order valence-corrected chi connectivity index (χ4v) is 5.69. The van der Waals surface area contributed by atoms with Gasteiger partial charge in [0.15, 0.2) is 0 Å². The molecule has 7 heteroatoms. The Labute approximate surface area is 254 Å². The molecule has 1 aliphatic carbocycles. The Morgan fingerprint density at radius 3 is 2.21 bits per heavy atom. The maximum absolute atomic E-state index is 13.3. The van der Waals surface area contributed by atoms with Crippen LogP contribution in [0.15, 0.2) is 97.1 Å². The maximum atomic E-state index is 13.3. The number of methoxy groups -OCH3 is 1. The van der Waals surface area contributed by atoms with Crippen molar-refractivity contribution in [3.8, 4) is 11.5 Å². The molecule has 0 aromatic heterocycles. The molecule has 1 aliphatic rings. The first-order valence-corrected chi connectivity index (χ1v) is 14.8. The number of hydrogen-bond donors (Lipinski definition) is 2. The van der Waals surface area contributed by atoms with Gasteiger partial charge in [-0.1, -0.05) is 78.9 Å². The number of carbonyl (C=O) groups is 1. The van der Waals surface area contributed by atoms with Gasteiger partial charge >= 0.3 is 6.09 Å². The summed E-state index contributed by atoms with van der Waals surface area (Å²) < 4.78 is 17.2. The minimum Gasteiger partial charge on any atom is -0.497 e. The molecule has 0 radical (unpaired) electrons. The normalized spacial score (nSPS) is 16.6. The van der Waals surface area contributed by atoms with Crippen LogP contribution in [-0.2, 0) is 30.8 Å². The third kappa shape index (κ3) is 7.55. The molecule has 4 aromatic carbocycles. The lowest BCUT2D eigenvalue weighted by Crippen LogP contribution is -2.44. The van der Waals surface area contributed by atoms with Crippen LogP contribution in [-0.4, -0.2) is 37.4 Å². The second-order valence-corrected chi connectivity index (χ2v) is 11.1. The molecule has 2 N–H and O–H groups in total. The summed E-state index contributed by atoms with van der Waals surface area (Å²) in [5.74, 6) is 1.41. The predicted octanol–water partition coefficient (Wildman–Crippen LogP) is 6.62. The SMILES string of the molecule is COc1ccc(CC(C)N[C@H]2CCc3c(ccc(OCc4ccccc4)c3N(C)C(=O)OCc3ccccc3)[C@@H]2O)cc1. The number of ether oxygens (including phenoxy) is 3. The van der Waals surface area contributed by atoms with Crippen molar-refractivity contribution in [2.24, 2.45) is 0 Å². The van der Waals surface area contributed by atoms with Gasteiger partial charge in [-0.3, -0.25) is 4.90 Å². The second kappa shape index (κ2) is 14.2. The number of aliphatic hydroxyl groups is 1. The van der Waals surface area contributed by atoms with Gasteiger partial charge in [0.25, 0.3) is 0 Å². The summed E-state index contributed by atoms with van der Waals surface area (Å²) in [4.78, 5) is 14.8. The lowest BCUT2D eigenvalue weighted by Gasteiger charge is -2.35. The van der Waals surface area contributed by atoms with E-state index in [-0.39, 0.29) is 18.7 Å². The third-order valence-electron chi connectivity index (χ3n) is 7.94. The first-order valence-electron chi connectivity index (χ1n) is 14.8. The van der Waals surface area contributed by atoms with E-state index in [9.17, 15) is 9.90 Å². The van der Waals surface area contributed by atoms with Crippen molar-refractivity contribution in [1.29, 1.82) is 0 Å². The van der Waals surface area contributed by atoms with Crippen molar-refractivity contribution in [2.45, 2.75) is 57.6 Å². The van der Waals surface area contributed by atoms with Crippen LogP contribution >= 0.6 is 0 Å². The molecule has 0 saturated heterocycles. The van der Waals surface area contributed by atoms with E-state index in [2.05, 4.69) is 24.4 Å². The monoisotopic (exact) mass is 580 g/mol. The number of hydrogen-bond acceptors (Lipinski definition) is 6. The lowest BCUT2D eigenvalue weighted by atomic mass is 9.84. The van der Waals surface area contributed by atoms with E-state index in [0.29, 0.717) is 30.9 Å². The van der Waals surface area contributed by atoms with Crippen molar-refractivity contribution in [3.63, 3.8) is 0 Å². The molecule has 0 heterocycles. The van der Waals surface area contributed by atoms with E-state index < -0.39 is 12.2 Å². The molecule has 0 fully saturated rings. The number of benzene rings is 4. The van der Waals surface area contributed by atoms with Crippen molar-refractivity contribution in [1.82, 2.24) is 5.32 Å². The summed E-state index contributed by atoms with van der Waals surface area (Å²) in [5, 5.41) is 15.2. The van der Waals surface area contributed by atoms with Crippen LogP contribution in [0.3, 0.4) is 0 Å².